The Balaban J connectivity index is 0.00000169. The molecule has 1 rings (SSSR count). The fourth-order valence-electron chi connectivity index (χ4n) is 0.995. The van der Waals surface area contributed by atoms with E-state index in [0.29, 0.717) is 0 Å². The number of carbonyl (C=O) groups is 2. The molecule has 1 heterocycles. The predicted molar refractivity (Wildman–Crippen MR) is 37.0 cm³/mol. The molecular weight excluding hydrogens is 225 g/mol. The third-order valence-electron chi connectivity index (χ3n) is 1.61. The molecule has 0 spiro atoms. The van der Waals surface area contributed by atoms with Crippen LogP contribution in [-0.2, 0) is 24.6 Å². The van der Waals surface area contributed by atoms with Crippen LogP contribution in [0.4, 0.5) is 0 Å². The van der Waals surface area contributed by atoms with Crippen molar-refractivity contribution in [3.05, 3.63) is 0 Å². The minimum absolute atomic E-state index is 0. The van der Waals surface area contributed by atoms with Gasteiger partial charge >= 0.3 is 35.5 Å². The second kappa shape index (κ2) is 4.58. The average Bonchev–Trinajstić information content (AvgIpc) is 1.95. The SMILES string of the molecule is COC(=O)C1CC(=O)N1S(=O)(=O)[O-].[Na+]. The Bertz CT molecular complexity index is 351. The second-order valence-electron chi connectivity index (χ2n) is 2.39. The molecule has 9 heteroatoms. The van der Waals surface area contributed by atoms with E-state index < -0.39 is 28.2 Å². The maximum Gasteiger partial charge on any atom is 1.00 e. The Morgan fingerprint density at radius 3 is 2.43 bits per heavy atom. The Morgan fingerprint density at radius 2 is 2.14 bits per heavy atom. The molecule has 1 aliphatic rings. The van der Waals surface area contributed by atoms with E-state index in [1.165, 1.54) is 0 Å². The number of esters is 1. The smallest absolute Gasteiger partial charge is 0.731 e. The first kappa shape index (κ1) is 13.8. The molecule has 1 atom stereocenters. The van der Waals surface area contributed by atoms with Crippen molar-refractivity contribution in [1.82, 2.24) is 4.31 Å². The molecule has 0 aliphatic carbocycles. The molecule has 1 aliphatic heterocycles. The van der Waals surface area contributed by atoms with Crippen molar-refractivity contribution in [2.45, 2.75) is 12.5 Å². The fourth-order valence-corrected chi connectivity index (χ4v) is 1.79. The first-order chi connectivity index (χ1) is 5.88. The number of methoxy groups -OCH3 is 1. The standard InChI is InChI=1S/C5H7NO6S.Na/c1-12-5(8)3-2-4(7)6(3)13(9,10)11;/h3H,2H2,1H3,(H,9,10,11);/q;+1/p-1. The van der Waals surface area contributed by atoms with Gasteiger partial charge in [0.25, 0.3) is 0 Å². The van der Waals surface area contributed by atoms with Crippen molar-refractivity contribution in [3.63, 3.8) is 0 Å². The summed E-state index contributed by atoms with van der Waals surface area (Å²) < 4.78 is 35.4. The van der Waals surface area contributed by atoms with E-state index in [1.807, 2.05) is 0 Å². The van der Waals surface area contributed by atoms with E-state index in [0.717, 1.165) is 7.11 Å². The van der Waals surface area contributed by atoms with Crippen LogP contribution in [0.5, 0.6) is 0 Å². The van der Waals surface area contributed by atoms with Gasteiger partial charge in [-0.2, -0.15) is 0 Å². The van der Waals surface area contributed by atoms with Gasteiger partial charge in [-0.1, -0.05) is 0 Å². The maximum atomic E-state index is 10.8. The number of hydrogen-bond acceptors (Lipinski definition) is 6. The van der Waals surface area contributed by atoms with E-state index in [9.17, 15) is 22.6 Å². The van der Waals surface area contributed by atoms with Crippen LogP contribution in [0.3, 0.4) is 0 Å². The van der Waals surface area contributed by atoms with Crippen LogP contribution < -0.4 is 29.6 Å². The molecule has 1 amide bonds. The molecule has 0 N–H and O–H groups in total. The summed E-state index contributed by atoms with van der Waals surface area (Å²) in [5.74, 6) is -1.79. The van der Waals surface area contributed by atoms with Gasteiger partial charge in [0, 0.05) is 0 Å². The molecule has 14 heavy (non-hydrogen) atoms. The molecule has 0 saturated carbocycles. The molecule has 1 saturated heterocycles. The summed E-state index contributed by atoms with van der Waals surface area (Å²) >= 11 is 0. The van der Waals surface area contributed by atoms with Crippen molar-refractivity contribution >= 4 is 22.2 Å². The van der Waals surface area contributed by atoms with Crippen molar-refractivity contribution in [3.8, 4) is 0 Å². The zero-order valence-corrected chi connectivity index (χ0v) is 10.4. The van der Waals surface area contributed by atoms with Crippen molar-refractivity contribution in [2.75, 3.05) is 7.11 Å². The van der Waals surface area contributed by atoms with Crippen LogP contribution in [0.25, 0.3) is 0 Å². The number of hydrogen-bond donors (Lipinski definition) is 0. The Kier molecular flexibility index (Phi) is 4.53. The van der Waals surface area contributed by atoms with Gasteiger partial charge in [0.05, 0.1) is 13.5 Å². The number of ether oxygens (including phenoxy) is 1. The van der Waals surface area contributed by atoms with E-state index >= 15 is 0 Å². The molecule has 1 unspecified atom stereocenters. The van der Waals surface area contributed by atoms with Gasteiger partial charge in [-0.05, 0) is 0 Å². The number of β-lactam (4-membered cyclic amide) rings is 1. The minimum Gasteiger partial charge on any atom is -0.731 e. The molecule has 1 fully saturated rings. The van der Waals surface area contributed by atoms with Crippen LogP contribution in [-0.4, -0.2) is 42.3 Å². The Morgan fingerprint density at radius 1 is 1.64 bits per heavy atom. The maximum absolute atomic E-state index is 10.8. The fraction of sp³-hybridized carbons (Fsp3) is 0.600. The van der Waals surface area contributed by atoms with Crippen molar-refractivity contribution in [2.24, 2.45) is 0 Å². The van der Waals surface area contributed by atoms with Gasteiger partial charge in [-0.25, -0.2) is 17.5 Å². The molecule has 0 bridgehead atoms. The summed E-state index contributed by atoms with van der Waals surface area (Å²) in [6.45, 7) is 0. The van der Waals surface area contributed by atoms with Crippen LogP contribution in [0.1, 0.15) is 6.42 Å². The van der Waals surface area contributed by atoms with Gasteiger partial charge in [0.1, 0.15) is 0 Å². The largest absolute Gasteiger partial charge is 1.00 e. The summed E-state index contributed by atoms with van der Waals surface area (Å²) in [4.78, 5) is 21.4. The van der Waals surface area contributed by atoms with Crippen LogP contribution >= 0.6 is 0 Å². The first-order valence-corrected chi connectivity index (χ1v) is 4.60. The number of carbonyl (C=O) groups excluding carboxylic acids is 2. The normalized spacial score (nSPS) is 20.9. The summed E-state index contributed by atoms with van der Waals surface area (Å²) in [7, 11) is -3.84. The van der Waals surface area contributed by atoms with E-state index in [1.54, 1.807) is 0 Å². The average molecular weight is 231 g/mol. The zero-order valence-electron chi connectivity index (χ0n) is 7.59. The summed E-state index contributed by atoms with van der Waals surface area (Å²) in [6.07, 6.45) is -0.297. The minimum atomic E-state index is -4.89. The van der Waals surface area contributed by atoms with Crippen molar-refractivity contribution in [1.29, 1.82) is 0 Å². The molecule has 7 nitrogen and oxygen atoms in total. The van der Waals surface area contributed by atoms with E-state index in [-0.39, 0.29) is 40.3 Å². The summed E-state index contributed by atoms with van der Waals surface area (Å²) in [5, 5.41) is 0. The van der Waals surface area contributed by atoms with Crippen molar-refractivity contribution < 1.29 is 56.9 Å². The summed E-state index contributed by atoms with van der Waals surface area (Å²) in [6, 6.07) is -1.28. The molecular formula is C5H6NNaO6S. The quantitative estimate of drug-likeness (QED) is 0.204. The summed E-state index contributed by atoms with van der Waals surface area (Å²) in [5.41, 5.74) is 0. The third-order valence-corrected chi connectivity index (χ3v) is 2.55. The molecule has 0 aromatic carbocycles. The number of amides is 1. The number of nitrogens with zero attached hydrogens (tertiary/aromatic N) is 1. The number of rotatable bonds is 2. The second-order valence-corrected chi connectivity index (χ2v) is 3.64. The molecule has 0 radical (unpaired) electrons. The third kappa shape index (κ3) is 2.45. The molecule has 0 aromatic heterocycles. The van der Waals surface area contributed by atoms with Crippen LogP contribution in [0.2, 0.25) is 0 Å². The molecule has 74 valence electrons. The van der Waals surface area contributed by atoms with E-state index in [4.69, 9.17) is 0 Å². The Hall–Kier alpha value is -0.150. The van der Waals surface area contributed by atoms with Gasteiger partial charge in [-0.15, -0.1) is 0 Å². The van der Waals surface area contributed by atoms with Crippen LogP contribution in [0, 0.1) is 0 Å². The zero-order chi connectivity index (χ0) is 10.2. The first-order valence-electron chi connectivity index (χ1n) is 3.24. The Labute approximate surface area is 103 Å². The predicted octanol–water partition coefficient (Wildman–Crippen LogP) is -4.78. The van der Waals surface area contributed by atoms with Gasteiger partial charge in [0.15, 0.2) is 16.3 Å². The van der Waals surface area contributed by atoms with Gasteiger partial charge in [-0.3, -0.25) is 4.79 Å². The van der Waals surface area contributed by atoms with Gasteiger partial charge < -0.3 is 9.29 Å². The van der Waals surface area contributed by atoms with Gasteiger partial charge in [0.2, 0.25) is 5.91 Å². The van der Waals surface area contributed by atoms with Crippen LogP contribution in [0.15, 0.2) is 0 Å². The molecule has 0 aromatic rings. The topological polar surface area (TPSA) is 104 Å². The van der Waals surface area contributed by atoms with E-state index in [2.05, 4.69) is 4.74 Å². The monoisotopic (exact) mass is 231 g/mol.